The minimum Gasteiger partial charge on any atom is -0.377 e. The Morgan fingerprint density at radius 2 is 2.16 bits per heavy atom. The summed E-state index contributed by atoms with van der Waals surface area (Å²) in [5, 5.41) is 3.63. The molecule has 1 aromatic heterocycles. The molecule has 4 heteroatoms. The average molecular weight is 265 g/mol. The van der Waals surface area contributed by atoms with E-state index in [4.69, 9.17) is 4.74 Å². The van der Waals surface area contributed by atoms with Crippen LogP contribution >= 0.6 is 0 Å². The number of methoxy groups -OCH3 is 1. The zero-order chi connectivity index (χ0) is 13.7. The molecule has 0 aromatic carbocycles. The first kappa shape index (κ1) is 14.5. The predicted octanol–water partition coefficient (Wildman–Crippen LogP) is 2.38. The Balaban J connectivity index is 2.15. The van der Waals surface area contributed by atoms with Crippen LogP contribution in [0.3, 0.4) is 0 Å². The average Bonchev–Trinajstić information content (AvgIpc) is 3.07. The SMILES string of the molecule is CCNC(Cc1nccn1CC)C1(OC)CCCC1. The molecule has 1 N–H and O–H groups in total. The van der Waals surface area contributed by atoms with E-state index in [0.717, 1.165) is 38.2 Å². The van der Waals surface area contributed by atoms with E-state index in [1.807, 2.05) is 13.3 Å². The molecule has 1 atom stereocenters. The number of ether oxygens (including phenoxy) is 1. The van der Waals surface area contributed by atoms with Crippen LogP contribution in [0.15, 0.2) is 12.4 Å². The van der Waals surface area contributed by atoms with Crippen molar-refractivity contribution < 1.29 is 4.74 Å². The van der Waals surface area contributed by atoms with Gasteiger partial charge in [-0.2, -0.15) is 0 Å². The largest absolute Gasteiger partial charge is 0.377 e. The molecule has 0 amide bonds. The van der Waals surface area contributed by atoms with E-state index < -0.39 is 0 Å². The van der Waals surface area contributed by atoms with Crippen molar-refractivity contribution in [3.05, 3.63) is 18.2 Å². The van der Waals surface area contributed by atoms with Crippen LogP contribution in [0.25, 0.3) is 0 Å². The second-order valence-corrected chi connectivity index (χ2v) is 5.42. The fourth-order valence-corrected chi connectivity index (χ4v) is 3.36. The third kappa shape index (κ3) is 3.00. The Morgan fingerprint density at radius 1 is 1.42 bits per heavy atom. The molecule has 4 nitrogen and oxygen atoms in total. The van der Waals surface area contributed by atoms with Crippen molar-refractivity contribution in [3.8, 4) is 0 Å². The van der Waals surface area contributed by atoms with Crippen LogP contribution in [0, 0.1) is 0 Å². The molecule has 19 heavy (non-hydrogen) atoms. The molecule has 1 unspecified atom stereocenters. The second-order valence-electron chi connectivity index (χ2n) is 5.42. The Morgan fingerprint density at radius 3 is 2.74 bits per heavy atom. The molecule has 0 bridgehead atoms. The molecular weight excluding hydrogens is 238 g/mol. The number of hydrogen-bond acceptors (Lipinski definition) is 3. The van der Waals surface area contributed by atoms with Crippen molar-refractivity contribution >= 4 is 0 Å². The minimum absolute atomic E-state index is 0.000527. The highest BCUT2D eigenvalue weighted by Gasteiger charge is 2.41. The fourth-order valence-electron chi connectivity index (χ4n) is 3.36. The van der Waals surface area contributed by atoms with E-state index in [-0.39, 0.29) is 5.60 Å². The molecule has 0 spiro atoms. The molecule has 0 saturated heterocycles. The number of nitrogens with zero attached hydrogens (tertiary/aromatic N) is 2. The molecule has 1 saturated carbocycles. The van der Waals surface area contributed by atoms with Gasteiger partial charge in [0.2, 0.25) is 0 Å². The fraction of sp³-hybridized carbons (Fsp3) is 0.800. The summed E-state index contributed by atoms with van der Waals surface area (Å²) in [7, 11) is 1.86. The summed E-state index contributed by atoms with van der Waals surface area (Å²) in [6, 6.07) is 0.359. The zero-order valence-corrected chi connectivity index (χ0v) is 12.5. The van der Waals surface area contributed by atoms with E-state index in [0.29, 0.717) is 6.04 Å². The van der Waals surface area contributed by atoms with Gasteiger partial charge in [-0.3, -0.25) is 0 Å². The molecule has 1 aromatic rings. The molecule has 1 aliphatic carbocycles. The molecule has 0 radical (unpaired) electrons. The lowest BCUT2D eigenvalue weighted by atomic mass is 9.89. The van der Waals surface area contributed by atoms with E-state index in [9.17, 15) is 0 Å². The number of aryl methyl sites for hydroxylation is 1. The Hall–Kier alpha value is -0.870. The van der Waals surface area contributed by atoms with Crippen molar-refractivity contribution in [1.82, 2.24) is 14.9 Å². The van der Waals surface area contributed by atoms with Gasteiger partial charge in [-0.05, 0) is 26.3 Å². The van der Waals surface area contributed by atoms with E-state index >= 15 is 0 Å². The lowest BCUT2D eigenvalue weighted by molar-refractivity contribution is -0.0357. The highest BCUT2D eigenvalue weighted by atomic mass is 16.5. The highest BCUT2D eigenvalue weighted by Crippen LogP contribution is 2.36. The van der Waals surface area contributed by atoms with Gasteiger partial charge in [0.1, 0.15) is 5.82 Å². The summed E-state index contributed by atoms with van der Waals surface area (Å²) in [4.78, 5) is 4.51. The summed E-state index contributed by atoms with van der Waals surface area (Å²) in [5.74, 6) is 1.16. The Bertz CT molecular complexity index is 382. The summed E-state index contributed by atoms with van der Waals surface area (Å²) >= 11 is 0. The van der Waals surface area contributed by atoms with Gasteiger partial charge in [0.25, 0.3) is 0 Å². The summed E-state index contributed by atoms with van der Waals surface area (Å²) < 4.78 is 8.16. The zero-order valence-electron chi connectivity index (χ0n) is 12.5. The molecule has 2 rings (SSSR count). The molecule has 1 aliphatic rings. The third-order valence-corrected chi connectivity index (χ3v) is 4.47. The van der Waals surface area contributed by atoms with E-state index in [1.54, 1.807) is 0 Å². The van der Waals surface area contributed by atoms with Gasteiger partial charge >= 0.3 is 0 Å². The van der Waals surface area contributed by atoms with Gasteiger partial charge in [0.05, 0.1) is 5.60 Å². The molecular formula is C15H27N3O. The van der Waals surface area contributed by atoms with Crippen LogP contribution in [0.1, 0.15) is 45.4 Å². The van der Waals surface area contributed by atoms with Gasteiger partial charge in [0.15, 0.2) is 0 Å². The third-order valence-electron chi connectivity index (χ3n) is 4.47. The molecule has 1 heterocycles. The van der Waals surface area contributed by atoms with Crippen LogP contribution in [0.4, 0.5) is 0 Å². The molecule has 0 aliphatic heterocycles. The quantitative estimate of drug-likeness (QED) is 0.822. The first-order valence-corrected chi connectivity index (χ1v) is 7.54. The Kier molecular flexibility index (Phi) is 4.99. The van der Waals surface area contributed by atoms with Crippen molar-refractivity contribution in [2.24, 2.45) is 0 Å². The van der Waals surface area contributed by atoms with Crippen molar-refractivity contribution in [3.63, 3.8) is 0 Å². The Labute approximate surface area is 116 Å². The van der Waals surface area contributed by atoms with Gasteiger partial charge < -0.3 is 14.6 Å². The normalized spacial score (nSPS) is 19.7. The van der Waals surface area contributed by atoms with Crippen LogP contribution < -0.4 is 5.32 Å². The number of aromatic nitrogens is 2. The van der Waals surface area contributed by atoms with Gasteiger partial charge in [-0.25, -0.2) is 4.98 Å². The number of likely N-dealkylation sites (N-methyl/N-ethyl adjacent to an activating group) is 1. The second kappa shape index (κ2) is 6.53. The first-order valence-electron chi connectivity index (χ1n) is 7.54. The number of rotatable bonds is 7. The first-order chi connectivity index (χ1) is 9.25. The van der Waals surface area contributed by atoms with Gasteiger partial charge in [-0.15, -0.1) is 0 Å². The van der Waals surface area contributed by atoms with Crippen LogP contribution in [-0.4, -0.2) is 34.8 Å². The van der Waals surface area contributed by atoms with Crippen LogP contribution in [0.5, 0.6) is 0 Å². The highest BCUT2D eigenvalue weighted by molar-refractivity contribution is 5.04. The lowest BCUT2D eigenvalue weighted by Crippen LogP contribution is -2.52. The van der Waals surface area contributed by atoms with Crippen molar-refractivity contribution in [1.29, 1.82) is 0 Å². The van der Waals surface area contributed by atoms with Gasteiger partial charge in [0, 0.05) is 38.5 Å². The lowest BCUT2D eigenvalue weighted by Gasteiger charge is -2.37. The summed E-state index contributed by atoms with van der Waals surface area (Å²) in [5.41, 5.74) is 0.000527. The maximum atomic E-state index is 5.94. The van der Waals surface area contributed by atoms with Crippen LogP contribution in [0.2, 0.25) is 0 Å². The monoisotopic (exact) mass is 265 g/mol. The minimum atomic E-state index is 0.000527. The van der Waals surface area contributed by atoms with E-state index in [1.165, 1.54) is 12.8 Å². The van der Waals surface area contributed by atoms with E-state index in [2.05, 4.69) is 34.9 Å². The number of hydrogen-bond donors (Lipinski definition) is 1. The molecule has 108 valence electrons. The summed E-state index contributed by atoms with van der Waals surface area (Å²) in [6.45, 7) is 6.28. The maximum Gasteiger partial charge on any atom is 0.110 e. The predicted molar refractivity (Wildman–Crippen MR) is 77.3 cm³/mol. The standard InChI is InChI=1S/C15H27N3O/c1-4-16-13(15(19-3)8-6-7-9-15)12-14-17-10-11-18(14)5-2/h10-11,13,16H,4-9,12H2,1-3H3. The molecule has 1 fully saturated rings. The number of nitrogens with one attached hydrogen (secondary N) is 1. The van der Waals surface area contributed by atoms with Crippen molar-refractivity contribution in [2.45, 2.75) is 64.1 Å². The van der Waals surface area contributed by atoms with Crippen LogP contribution in [-0.2, 0) is 17.7 Å². The summed E-state index contributed by atoms with van der Waals surface area (Å²) in [6.07, 6.45) is 9.78. The topological polar surface area (TPSA) is 39.1 Å². The smallest absolute Gasteiger partial charge is 0.110 e. The van der Waals surface area contributed by atoms with Crippen molar-refractivity contribution in [2.75, 3.05) is 13.7 Å². The maximum absolute atomic E-state index is 5.94. The van der Waals surface area contributed by atoms with Gasteiger partial charge in [-0.1, -0.05) is 19.8 Å². The number of imidazole rings is 1.